The summed E-state index contributed by atoms with van der Waals surface area (Å²) in [7, 11) is 2.27. The summed E-state index contributed by atoms with van der Waals surface area (Å²) in [5.74, 6) is 1.27. The molecule has 0 N–H and O–H groups in total. The first-order chi connectivity index (χ1) is 8.79. The quantitative estimate of drug-likeness (QED) is 0.807. The zero-order valence-electron chi connectivity index (χ0n) is 11.5. The maximum atomic E-state index is 2.60. The zero-order chi connectivity index (χ0) is 12.8. The van der Waals surface area contributed by atoms with E-state index in [0.717, 1.165) is 12.6 Å². The second-order valence-electron chi connectivity index (χ2n) is 5.14. The van der Waals surface area contributed by atoms with E-state index in [1.807, 2.05) is 11.8 Å². The minimum Gasteiger partial charge on any atom is -0.301 e. The Balaban J connectivity index is 1.87. The van der Waals surface area contributed by atoms with Crippen LogP contribution in [0.2, 0.25) is 0 Å². The summed E-state index contributed by atoms with van der Waals surface area (Å²) in [5, 5.41) is 0. The van der Waals surface area contributed by atoms with E-state index in [9.17, 15) is 0 Å². The summed E-state index contributed by atoms with van der Waals surface area (Å²) < 4.78 is 0. The van der Waals surface area contributed by atoms with E-state index in [0.29, 0.717) is 0 Å². The van der Waals surface area contributed by atoms with Gasteiger partial charge in [-0.2, -0.15) is 11.8 Å². The number of piperazine rings is 1. The minimum atomic E-state index is 0.731. The third-order valence-electron chi connectivity index (χ3n) is 3.77. The zero-order valence-corrected chi connectivity index (χ0v) is 12.3. The molecule has 1 aromatic rings. The van der Waals surface area contributed by atoms with Gasteiger partial charge in [-0.1, -0.05) is 30.3 Å². The van der Waals surface area contributed by atoms with Crippen molar-refractivity contribution in [1.29, 1.82) is 0 Å². The van der Waals surface area contributed by atoms with Crippen molar-refractivity contribution in [3.63, 3.8) is 0 Å². The van der Waals surface area contributed by atoms with Crippen LogP contribution < -0.4 is 0 Å². The molecule has 0 aromatic heterocycles. The third kappa shape index (κ3) is 4.01. The van der Waals surface area contributed by atoms with Crippen LogP contribution in [0.1, 0.15) is 12.0 Å². The highest BCUT2D eigenvalue weighted by molar-refractivity contribution is 7.98. The molecular formula is C15H24N2S. The molecule has 2 rings (SSSR count). The molecule has 0 bridgehead atoms. The summed E-state index contributed by atoms with van der Waals surface area (Å²) in [6, 6.07) is 11.6. The molecule has 18 heavy (non-hydrogen) atoms. The minimum absolute atomic E-state index is 0.731. The van der Waals surface area contributed by atoms with Crippen molar-refractivity contribution in [3.05, 3.63) is 35.9 Å². The van der Waals surface area contributed by atoms with Gasteiger partial charge in [-0.25, -0.2) is 0 Å². The van der Waals surface area contributed by atoms with E-state index >= 15 is 0 Å². The largest absolute Gasteiger partial charge is 0.301 e. The van der Waals surface area contributed by atoms with Crippen molar-refractivity contribution >= 4 is 11.8 Å². The number of hydrogen-bond acceptors (Lipinski definition) is 3. The predicted molar refractivity (Wildman–Crippen MR) is 81.1 cm³/mol. The standard InChI is InChI=1S/C15H24N2S/c1-16-9-10-17(13-15(16)8-11-18-2)12-14-6-4-3-5-7-14/h3-7,15H,8-13H2,1-2H3/t15-/m0/s1. The Morgan fingerprint density at radius 2 is 2.00 bits per heavy atom. The van der Waals surface area contributed by atoms with Gasteiger partial charge in [0.15, 0.2) is 0 Å². The van der Waals surface area contributed by atoms with Crippen molar-refractivity contribution in [2.75, 3.05) is 38.7 Å². The molecule has 1 fully saturated rings. The molecule has 1 aliphatic rings. The van der Waals surface area contributed by atoms with Gasteiger partial charge in [0, 0.05) is 32.2 Å². The van der Waals surface area contributed by atoms with Gasteiger partial charge in [0.2, 0.25) is 0 Å². The van der Waals surface area contributed by atoms with Gasteiger partial charge in [0.05, 0.1) is 0 Å². The smallest absolute Gasteiger partial charge is 0.0234 e. The number of benzene rings is 1. The third-order valence-corrected chi connectivity index (χ3v) is 4.41. The number of hydrogen-bond donors (Lipinski definition) is 0. The summed E-state index contributed by atoms with van der Waals surface area (Å²) in [4.78, 5) is 5.12. The highest BCUT2D eigenvalue weighted by atomic mass is 32.2. The SMILES string of the molecule is CSCC[C@H]1CN(Cc2ccccc2)CCN1C. The van der Waals surface area contributed by atoms with Gasteiger partial charge in [0.1, 0.15) is 0 Å². The Morgan fingerprint density at radius 1 is 1.22 bits per heavy atom. The van der Waals surface area contributed by atoms with Gasteiger partial charge >= 0.3 is 0 Å². The normalized spacial score (nSPS) is 22.2. The van der Waals surface area contributed by atoms with E-state index in [1.54, 1.807) is 0 Å². The van der Waals surface area contributed by atoms with Crippen LogP contribution in [-0.4, -0.2) is 54.5 Å². The van der Waals surface area contributed by atoms with Crippen LogP contribution in [-0.2, 0) is 6.54 Å². The Bertz CT molecular complexity index is 342. The van der Waals surface area contributed by atoms with Crippen LogP contribution in [0.4, 0.5) is 0 Å². The molecule has 0 amide bonds. The van der Waals surface area contributed by atoms with E-state index < -0.39 is 0 Å². The molecule has 0 spiro atoms. The van der Waals surface area contributed by atoms with Crippen LogP contribution in [0.5, 0.6) is 0 Å². The maximum absolute atomic E-state index is 2.60. The van der Waals surface area contributed by atoms with Crippen LogP contribution in [0.15, 0.2) is 30.3 Å². The lowest BCUT2D eigenvalue weighted by Gasteiger charge is -2.39. The van der Waals surface area contributed by atoms with Crippen molar-refractivity contribution in [3.8, 4) is 0 Å². The van der Waals surface area contributed by atoms with Crippen LogP contribution >= 0.6 is 11.8 Å². The van der Waals surface area contributed by atoms with E-state index in [1.165, 1.54) is 37.4 Å². The molecule has 1 aliphatic heterocycles. The lowest BCUT2D eigenvalue weighted by Crippen LogP contribution is -2.51. The fourth-order valence-electron chi connectivity index (χ4n) is 2.56. The molecule has 0 unspecified atom stereocenters. The van der Waals surface area contributed by atoms with Gasteiger partial charge < -0.3 is 4.90 Å². The highest BCUT2D eigenvalue weighted by Gasteiger charge is 2.23. The van der Waals surface area contributed by atoms with Gasteiger partial charge in [-0.05, 0) is 31.0 Å². The fourth-order valence-corrected chi connectivity index (χ4v) is 3.07. The Hall–Kier alpha value is -0.510. The highest BCUT2D eigenvalue weighted by Crippen LogP contribution is 2.15. The first-order valence-corrected chi connectivity index (χ1v) is 8.14. The Labute approximate surface area is 115 Å². The van der Waals surface area contributed by atoms with E-state index in [2.05, 4.69) is 53.4 Å². The van der Waals surface area contributed by atoms with Crippen LogP contribution in [0.25, 0.3) is 0 Å². The van der Waals surface area contributed by atoms with Crippen molar-refractivity contribution in [1.82, 2.24) is 9.80 Å². The molecule has 0 radical (unpaired) electrons. The molecule has 0 saturated carbocycles. The number of nitrogens with zero attached hydrogens (tertiary/aromatic N) is 2. The molecule has 3 heteroatoms. The number of thioether (sulfide) groups is 1. The van der Waals surface area contributed by atoms with Gasteiger partial charge in [0.25, 0.3) is 0 Å². The van der Waals surface area contributed by atoms with Crippen LogP contribution in [0.3, 0.4) is 0 Å². The summed E-state index contributed by atoms with van der Waals surface area (Å²) in [6.07, 6.45) is 3.51. The van der Waals surface area contributed by atoms with Crippen molar-refractivity contribution in [2.24, 2.45) is 0 Å². The Kier molecular flexibility index (Phi) is 5.54. The van der Waals surface area contributed by atoms with Crippen molar-refractivity contribution < 1.29 is 0 Å². The fraction of sp³-hybridized carbons (Fsp3) is 0.600. The maximum Gasteiger partial charge on any atom is 0.0234 e. The molecule has 1 heterocycles. The lowest BCUT2D eigenvalue weighted by atomic mass is 10.1. The topological polar surface area (TPSA) is 6.48 Å². The molecule has 2 nitrogen and oxygen atoms in total. The molecular weight excluding hydrogens is 240 g/mol. The Morgan fingerprint density at radius 3 is 2.72 bits per heavy atom. The first-order valence-electron chi connectivity index (χ1n) is 6.75. The number of rotatable bonds is 5. The molecule has 1 aromatic carbocycles. The summed E-state index contributed by atoms with van der Waals surface area (Å²) in [6.45, 7) is 4.71. The molecule has 1 atom stereocenters. The molecule has 1 saturated heterocycles. The molecule has 100 valence electrons. The summed E-state index contributed by atoms with van der Waals surface area (Å²) in [5.41, 5.74) is 1.44. The monoisotopic (exact) mass is 264 g/mol. The van der Waals surface area contributed by atoms with Crippen LogP contribution in [0, 0.1) is 0 Å². The van der Waals surface area contributed by atoms with Crippen molar-refractivity contribution in [2.45, 2.75) is 19.0 Å². The van der Waals surface area contributed by atoms with E-state index in [-0.39, 0.29) is 0 Å². The first kappa shape index (κ1) is 13.9. The lowest BCUT2D eigenvalue weighted by molar-refractivity contribution is 0.0890. The average molecular weight is 264 g/mol. The second-order valence-corrected chi connectivity index (χ2v) is 6.12. The molecule has 0 aliphatic carbocycles. The van der Waals surface area contributed by atoms with Gasteiger partial charge in [-0.3, -0.25) is 4.90 Å². The predicted octanol–water partition coefficient (Wildman–Crippen LogP) is 2.56. The summed E-state index contributed by atoms with van der Waals surface area (Å²) >= 11 is 1.96. The number of likely N-dealkylation sites (N-methyl/N-ethyl adjacent to an activating group) is 1. The van der Waals surface area contributed by atoms with E-state index in [4.69, 9.17) is 0 Å². The average Bonchev–Trinajstić information content (AvgIpc) is 2.40. The van der Waals surface area contributed by atoms with Gasteiger partial charge in [-0.15, -0.1) is 0 Å². The second kappa shape index (κ2) is 7.17.